The van der Waals surface area contributed by atoms with Crippen LogP contribution in [0.5, 0.6) is 0 Å². The Morgan fingerprint density at radius 2 is 0.922 bits per heavy atom. The van der Waals surface area contributed by atoms with Gasteiger partial charge in [-0.3, -0.25) is 0 Å². The fourth-order valence-corrected chi connectivity index (χ4v) is 28.1. The largest absolute Gasteiger partial charge is 1.00 e. The third-order valence-corrected chi connectivity index (χ3v) is 26.1. The molecule has 7 rings (SSSR count). The minimum Gasteiger partial charge on any atom is -1.00 e. The first-order valence-electron chi connectivity index (χ1n) is 19.4. The molecule has 4 aromatic rings. The summed E-state index contributed by atoms with van der Waals surface area (Å²) in [6.07, 6.45) is 13.1. The van der Waals surface area contributed by atoms with Gasteiger partial charge in [-0.15, -0.1) is 0 Å². The van der Waals surface area contributed by atoms with Crippen LogP contribution in [0, 0.1) is 55.4 Å². The van der Waals surface area contributed by atoms with Gasteiger partial charge in [0.15, 0.2) is 0 Å². The molecule has 0 amide bonds. The molecule has 2 atom stereocenters. The van der Waals surface area contributed by atoms with Crippen LogP contribution in [-0.2, 0) is 20.3 Å². The Labute approximate surface area is 326 Å². The molecule has 1 fully saturated rings. The van der Waals surface area contributed by atoms with Crippen molar-refractivity contribution in [1.29, 1.82) is 0 Å². The average molecular weight is 797 g/mol. The summed E-state index contributed by atoms with van der Waals surface area (Å²) in [5.74, 6) is 0. The van der Waals surface area contributed by atoms with E-state index < -0.39 is 20.3 Å². The second-order valence-corrected chi connectivity index (χ2v) is 27.5. The van der Waals surface area contributed by atoms with E-state index in [0.29, 0.717) is 7.25 Å². The molecule has 268 valence electrons. The standard InChI is InChI=1S/2C23H27.C2H4.2ClH.Zr/c2*1-6-7-10-19-13-21-17(4)16(3)18(5)23(22(21)14-19)20-11-8-9-15(2)12-20;1-2;;;/h2*8-9,11-14H,6-7,10H2,1-5H3;1-2H2;2*1H;/q;;;;;+2/p-2. The minimum absolute atomic E-state index is 0. The van der Waals surface area contributed by atoms with E-state index in [9.17, 15) is 0 Å². The first-order chi connectivity index (χ1) is 23.5. The number of rotatable bonds is 10. The van der Waals surface area contributed by atoms with Crippen molar-refractivity contribution < 1.29 is 45.1 Å². The van der Waals surface area contributed by atoms with Gasteiger partial charge in [0.1, 0.15) is 0 Å². The predicted molar refractivity (Wildman–Crippen MR) is 212 cm³/mol. The normalized spacial score (nSPS) is 17.4. The number of unbranched alkanes of at least 4 members (excludes halogenated alkanes) is 2. The van der Waals surface area contributed by atoms with Gasteiger partial charge in [0.2, 0.25) is 0 Å². The number of allylic oxidation sites excluding steroid dienone is 2. The predicted octanol–water partition coefficient (Wildman–Crippen LogP) is 8.46. The van der Waals surface area contributed by atoms with Crippen LogP contribution in [0.25, 0.3) is 34.4 Å². The van der Waals surface area contributed by atoms with E-state index in [1.165, 1.54) is 102 Å². The maximum absolute atomic E-state index is 2.94. The van der Waals surface area contributed by atoms with Crippen molar-refractivity contribution in [3.05, 3.63) is 126 Å². The van der Waals surface area contributed by atoms with Gasteiger partial charge >= 0.3 is 304 Å². The van der Waals surface area contributed by atoms with Crippen LogP contribution < -0.4 is 24.8 Å². The summed E-state index contributed by atoms with van der Waals surface area (Å²) in [5.41, 5.74) is 28.0. The minimum atomic E-state index is -2.94. The summed E-state index contributed by atoms with van der Waals surface area (Å²) in [6.45, 7) is 23.9. The number of fused-ring (bicyclic) bond motifs is 2. The quantitative estimate of drug-likeness (QED) is 0.151. The number of halogens is 2. The summed E-state index contributed by atoms with van der Waals surface area (Å²) in [7, 11) is 0. The van der Waals surface area contributed by atoms with Crippen molar-refractivity contribution in [2.24, 2.45) is 0 Å². The molecule has 2 unspecified atom stereocenters. The summed E-state index contributed by atoms with van der Waals surface area (Å²) < 4.78 is 4.41. The van der Waals surface area contributed by atoms with Crippen LogP contribution in [0.3, 0.4) is 0 Å². The molecule has 0 saturated carbocycles. The van der Waals surface area contributed by atoms with Crippen LogP contribution in [0.1, 0.15) is 126 Å². The number of benzene rings is 4. The first-order valence-corrected chi connectivity index (χ1v) is 25.7. The molecule has 51 heavy (non-hydrogen) atoms. The number of hydrogen-bond acceptors (Lipinski definition) is 0. The molecule has 0 bridgehead atoms. The van der Waals surface area contributed by atoms with E-state index in [2.05, 4.69) is 130 Å². The molecule has 3 heteroatoms. The Hall–Kier alpha value is -2.18. The van der Waals surface area contributed by atoms with E-state index in [-0.39, 0.29) is 24.8 Å². The van der Waals surface area contributed by atoms with Crippen LogP contribution in [0.4, 0.5) is 0 Å². The van der Waals surface area contributed by atoms with Crippen molar-refractivity contribution >= 4 is 12.2 Å². The smallest absolute Gasteiger partial charge is 1.00 e. The third-order valence-electron chi connectivity index (χ3n) is 13.1. The van der Waals surface area contributed by atoms with Crippen LogP contribution in [-0.4, -0.2) is 0 Å². The zero-order chi connectivity index (χ0) is 34.8. The van der Waals surface area contributed by atoms with E-state index >= 15 is 0 Å². The molecule has 0 spiro atoms. The third kappa shape index (κ3) is 6.66. The monoisotopic (exact) mass is 794 g/mol. The Kier molecular flexibility index (Phi) is 12.3. The summed E-state index contributed by atoms with van der Waals surface area (Å²) >= 11 is -2.94. The van der Waals surface area contributed by atoms with Gasteiger partial charge < -0.3 is 24.8 Å². The molecule has 2 aliphatic carbocycles. The molecular formula is C48H58Cl2Zr. The van der Waals surface area contributed by atoms with Gasteiger partial charge in [-0.1, -0.05) is 0 Å². The molecule has 1 aliphatic heterocycles. The van der Waals surface area contributed by atoms with Crippen LogP contribution in [0.15, 0.2) is 59.7 Å². The van der Waals surface area contributed by atoms with Gasteiger partial charge in [-0.25, -0.2) is 0 Å². The Balaban J connectivity index is 0.00000252. The fourth-order valence-electron chi connectivity index (χ4n) is 10.1. The zero-order valence-electron chi connectivity index (χ0n) is 32.8. The van der Waals surface area contributed by atoms with E-state index in [1.807, 2.05) is 0 Å². The fraction of sp³-hybridized carbons (Fsp3) is 0.417. The van der Waals surface area contributed by atoms with Crippen LogP contribution >= 0.6 is 0 Å². The van der Waals surface area contributed by atoms with Gasteiger partial charge in [-0.05, 0) is 0 Å². The maximum Gasteiger partial charge on any atom is -1.00 e. The van der Waals surface area contributed by atoms with Crippen molar-refractivity contribution in [3.8, 4) is 22.3 Å². The molecule has 0 N–H and O–H groups in total. The second-order valence-electron chi connectivity index (χ2n) is 16.1. The van der Waals surface area contributed by atoms with Crippen molar-refractivity contribution in [2.75, 3.05) is 0 Å². The molecule has 4 aromatic carbocycles. The van der Waals surface area contributed by atoms with E-state index in [0.717, 1.165) is 0 Å². The van der Waals surface area contributed by atoms with Gasteiger partial charge in [0.05, 0.1) is 0 Å². The van der Waals surface area contributed by atoms with E-state index in [1.54, 1.807) is 44.5 Å². The zero-order valence-corrected chi connectivity index (χ0v) is 36.8. The number of hydrogen-bond donors (Lipinski definition) is 0. The Morgan fingerprint density at radius 3 is 1.25 bits per heavy atom. The first kappa shape index (κ1) is 40.0. The second kappa shape index (κ2) is 15.7. The molecular weight excluding hydrogens is 739 g/mol. The maximum atomic E-state index is 2.75. The summed E-state index contributed by atoms with van der Waals surface area (Å²) in [5, 5.41) is 0. The topological polar surface area (TPSA) is 0 Å². The average Bonchev–Trinajstić information content (AvgIpc) is 3.64. The van der Waals surface area contributed by atoms with Gasteiger partial charge in [0.25, 0.3) is 0 Å². The molecule has 0 nitrogen and oxygen atoms in total. The van der Waals surface area contributed by atoms with Crippen molar-refractivity contribution in [1.82, 2.24) is 0 Å². The molecule has 0 radical (unpaired) electrons. The molecule has 3 aliphatic rings. The van der Waals surface area contributed by atoms with E-state index in [4.69, 9.17) is 0 Å². The Morgan fingerprint density at radius 1 is 0.529 bits per heavy atom. The van der Waals surface area contributed by atoms with Crippen molar-refractivity contribution in [2.45, 2.75) is 123 Å². The molecule has 1 heterocycles. The molecule has 1 saturated heterocycles. The SMILES string of the molecule is CCCCC1=Cc2c(-c3cccc(C)c3)c(C)c(C)c(C)c2[CH]1[Zr+2]1([CH]2C(CCCC)=Cc3c(-c4cccc(C)c4)c(C)c(C)c(C)c32)[CH2][CH2]1.[Cl-].[Cl-]. The van der Waals surface area contributed by atoms with Crippen molar-refractivity contribution in [3.63, 3.8) is 0 Å². The summed E-state index contributed by atoms with van der Waals surface area (Å²) in [6, 6.07) is 18.6. The molecule has 0 aromatic heterocycles. The Bertz CT molecular complexity index is 1900. The van der Waals surface area contributed by atoms with Crippen LogP contribution in [0.2, 0.25) is 8.26 Å². The van der Waals surface area contributed by atoms with Gasteiger partial charge in [-0.2, -0.15) is 0 Å². The summed E-state index contributed by atoms with van der Waals surface area (Å²) in [4.78, 5) is 0. The van der Waals surface area contributed by atoms with Gasteiger partial charge in [0, 0.05) is 0 Å². The number of aryl methyl sites for hydroxylation is 2.